The van der Waals surface area contributed by atoms with Gasteiger partial charge in [0.2, 0.25) is 0 Å². The summed E-state index contributed by atoms with van der Waals surface area (Å²) in [4.78, 5) is 13.8. The zero-order chi connectivity index (χ0) is 16.1. The number of hydrogen-bond acceptors (Lipinski definition) is 3. The quantitative estimate of drug-likeness (QED) is 0.861. The van der Waals surface area contributed by atoms with E-state index < -0.39 is 17.7 Å². The molecule has 5 nitrogen and oxygen atoms in total. The van der Waals surface area contributed by atoms with Crippen molar-refractivity contribution >= 4 is 23.3 Å². The maximum Gasteiger partial charge on any atom is 0.322 e. The van der Waals surface area contributed by atoms with Crippen molar-refractivity contribution in [3.8, 4) is 0 Å². The lowest BCUT2D eigenvalue weighted by Crippen LogP contribution is -2.50. The number of rotatable bonds is 4. The summed E-state index contributed by atoms with van der Waals surface area (Å²) in [6, 6.07) is 1.32. The molecule has 0 aromatic heterocycles. The van der Waals surface area contributed by atoms with Gasteiger partial charge < -0.3 is 19.7 Å². The summed E-state index contributed by atoms with van der Waals surface area (Å²) in [5.74, 6) is -2.25. The molecule has 2 rings (SSSR count). The van der Waals surface area contributed by atoms with Crippen molar-refractivity contribution in [3.05, 3.63) is 28.8 Å². The molecular formula is C14H17ClF2N2O3. The number of nitrogens with zero attached hydrogens (tertiary/aromatic N) is 1. The van der Waals surface area contributed by atoms with E-state index in [0.29, 0.717) is 32.8 Å². The number of amides is 2. The Morgan fingerprint density at radius 2 is 2.32 bits per heavy atom. The van der Waals surface area contributed by atoms with E-state index in [9.17, 15) is 13.6 Å². The minimum Gasteiger partial charge on any atom is -0.385 e. The number of methoxy groups -OCH3 is 1. The van der Waals surface area contributed by atoms with Crippen LogP contribution in [0.5, 0.6) is 0 Å². The average molecular weight is 335 g/mol. The molecule has 2 amide bonds. The lowest BCUT2D eigenvalue weighted by molar-refractivity contribution is 0.00448. The standard InChI is InChI=1S/C14H17ClF2N2O3/c1-21-4-2-10-8-22-5-3-19(10)14(20)18-12-7-9(15)6-11(16)13(12)17/h6-7,10H,2-5,8H2,1H3,(H,18,20). The van der Waals surface area contributed by atoms with Gasteiger partial charge in [0.25, 0.3) is 0 Å². The first-order valence-corrected chi connectivity index (χ1v) is 7.19. The highest BCUT2D eigenvalue weighted by atomic mass is 35.5. The third kappa shape index (κ3) is 4.06. The second-order valence-electron chi connectivity index (χ2n) is 4.88. The van der Waals surface area contributed by atoms with E-state index >= 15 is 0 Å². The van der Waals surface area contributed by atoms with Crippen LogP contribution < -0.4 is 5.32 Å². The van der Waals surface area contributed by atoms with Gasteiger partial charge in [0.15, 0.2) is 11.6 Å². The monoisotopic (exact) mass is 334 g/mol. The highest BCUT2D eigenvalue weighted by Crippen LogP contribution is 2.24. The first-order chi connectivity index (χ1) is 10.5. The molecule has 1 aliphatic heterocycles. The molecule has 1 aromatic carbocycles. The number of urea groups is 1. The van der Waals surface area contributed by atoms with Gasteiger partial charge in [0.1, 0.15) is 0 Å². The van der Waals surface area contributed by atoms with Gasteiger partial charge in [-0.05, 0) is 18.6 Å². The second kappa shape index (κ2) is 7.71. The smallest absolute Gasteiger partial charge is 0.322 e. The van der Waals surface area contributed by atoms with Crippen LogP contribution in [-0.2, 0) is 9.47 Å². The van der Waals surface area contributed by atoms with E-state index in [1.807, 2.05) is 0 Å². The molecule has 1 aromatic rings. The summed E-state index contributed by atoms with van der Waals surface area (Å²) in [7, 11) is 1.57. The van der Waals surface area contributed by atoms with Gasteiger partial charge >= 0.3 is 6.03 Å². The van der Waals surface area contributed by atoms with E-state index in [1.54, 1.807) is 7.11 Å². The molecule has 1 N–H and O–H groups in total. The summed E-state index contributed by atoms with van der Waals surface area (Å²) >= 11 is 5.68. The third-order valence-corrected chi connectivity index (χ3v) is 3.60. The number of hydrogen-bond donors (Lipinski definition) is 1. The van der Waals surface area contributed by atoms with Crippen molar-refractivity contribution in [1.29, 1.82) is 0 Å². The average Bonchev–Trinajstić information content (AvgIpc) is 2.50. The van der Waals surface area contributed by atoms with Crippen molar-refractivity contribution in [2.75, 3.05) is 38.8 Å². The summed E-state index contributed by atoms with van der Waals surface area (Å²) in [6.07, 6.45) is 0.594. The fourth-order valence-corrected chi connectivity index (χ4v) is 2.45. The van der Waals surface area contributed by atoms with E-state index in [1.165, 1.54) is 11.0 Å². The van der Waals surface area contributed by atoms with Crippen LogP contribution in [0, 0.1) is 11.6 Å². The topological polar surface area (TPSA) is 50.8 Å². The summed E-state index contributed by atoms with van der Waals surface area (Å²) in [6.45, 7) is 1.61. The molecule has 0 spiro atoms. The Bertz CT molecular complexity index is 545. The van der Waals surface area contributed by atoms with Crippen molar-refractivity contribution in [2.24, 2.45) is 0 Å². The zero-order valence-electron chi connectivity index (χ0n) is 12.1. The van der Waals surface area contributed by atoms with Gasteiger partial charge in [-0.15, -0.1) is 0 Å². The van der Waals surface area contributed by atoms with Gasteiger partial charge in [-0.3, -0.25) is 0 Å². The van der Waals surface area contributed by atoms with Crippen LogP contribution in [0.25, 0.3) is 0 Å². The van der Waals surface area contributed by atoms with Crippen LogP contribution in [0.4, 0.5) is 19.3 Å². The first kappa shape index (κ1) is 16.9. The van der Waals surface area contributed by atoms with Crippen LogP contribution in [0.3, 0.4) is 0 Å². The Morgan fingerprint density at radius 1 is 1.55 bits per heavy atom. The van der Waals surface area contributed by atoms with Crippen molar-refractivity contribution in [3.63, 3.8) is 0 Å². The summed E-state index contributed by atoms with van der Waals surface area (Å²) < 4.78 is 37.4. The number of ether oxygens (including phenoxy) is 2. The molecule has 0 aliphatic carbocycles. The highest BCUT2D eigenvalue weighted by molar-refractivity contribution is 6.30. The number of benzene rings is 1. The van der Waals surface area contributed by atoms with Crippen LogP contribution in [-0.4, -0.2) is 50.4 Å². The van der Waals surface area contributed by atoms with Crippen molar-refractivity contribution < 1.29 is 23.0 Å². The van der Waals surface area contributed by atoms with Crippen LogP contribution in [0.15, 0.2) is 12.1 Å². The molecule has 1 aliphatic rings. The van der Waals surface area contributed by atoms with Crippen molar-refractivity contribution in [2.45, 2.75) is 12.5 Å². The summed E-state index contributed by atoms with van der Waals surface area (Å²) in [5.41, 5.74) is -0.285. The third-order valence-electron chi connectivity index (χ3n) is 3.38. The number of halogens is 3. The number of carbonyl (C=O) groups excluding carboxylic acids is 1. The molecule has 1 fully saturated rings. The number of morpholine rings is 1. The molecule has 1 saturated heterocycles. The number of carbonyl (C=O) groups is 1. The van der Waals surface area contributed by atoms with Gasteiger partial charge in [-0.2, -0.15) is 0 Å². The minimum absolute atomic E-state index is 0.00658. The largest absolute Gasteiger partial charge is 0.385 e. The molecule has 0 saturated carbocycles. The van der Waals surface area contributed by atoms with Crippen LogP contribution in [0.1, 0.15) is 6.42 Å². The lowest BCUT2D eigenvalue weighted by Gasteiger charge is -2.35. The Hall–Kier alpha value is -1.44. The van der Waals surface area contributed by atoms with Crippen molar-refractivity contribution in [1.82, 2.24) is 4.90 Å². The molecule has 122 valence electrons. The lowest BCUT2D eigenvalue weighted by atomic mass is 10.2. The molecule has 1 unspecified atom stereocenters. The zero-order valence-corrected chi connectivity index (χ0v) is 12.8. The van der Waals surface area contributed by atoms with Gasteiger partial charge in [-0.1, -0.05) is 11.6 Å². The van der Waals surface area contributed by atoms with E-state index in [-0.39, 0.29) is 16.8 Å². The molecule has 0 radical (unpaired) electrons. The maximum atomic E-state index is 13.7. The Balaban J connectivity index is 2.10. The molecule has 1 atom stereocenters. The Kier molecular flexibility index (Phi) is 5.93. The predicted molar refractivity (Wildman–Crippen MR) is 78.2 cm³/mol. The van der Waals surface area contributed by atoms with E-state index in [2.05, 4.69) is 5.32 Å². The SMILES string of the molecule is COCCC1COCCN1C(=O)Nc1cc(Cl)cc(F)c1F. The molecular weight excluding hydrogens is 318 g/mol. The Labute approximate surface area is 132 Å². The van der Waals surface area contributed by atoms with Crippen LogP contribution >= 0.6 is 11.6 Å². The first-order valence-electron chi connectivity index (χ1n) is 6.81. The van der Waals surface area contributed by atoms with Gasteiger partial charge in [0, 0.05) is 25.3 Å². The summed E-state index contributed by atoms with van der Waals surface area (Å²) in [5, 5.41) is 2.37. The Morgan fingerprint density at radius 3 is 3.05 bits per heavy atom. The maximum absolute atomic E-state index is 13.7. The minimum atomic E-state index is -1.14. The highest BCUT2D eigenvalue weighted by Gasteiger charge is 2.28. The fraction of sp³-hybridized carbons (Fsp3) is 0.500. The molecule has 22 heavy (non-hydrogen) atoms. The number of anilines is 1. The molecule has 0 bridgehead atoms. The predicted octanol–water partition coefficient (Wildman–Crippen LogP) is 2.89. The normalized spacial score (nSPS) is 18.4. The van der Waals surface area contributed by atoms with Gasteiger partial charge in [-0.25, -0.2) is 13.6 Å². The second-order valence-corrected chi connectivity index (χ2v) is 5.32. The van der Waals surface area contributed by atoms with E-state index in [0.717, 1.165) is 6.07 Å². The van der Waals surface area contributed by atoms with Gasteiger partial charge in [0.05, 0.1) is 24.9 Å². The molecule has 1 heterocycles. The van der Waals surface area contributed by atoms with E-state index in [4.69, 9.17) is 21.1 Å². The number of nitrogens with one attached hydrogen (secondary N) is 1. The fourth-order valence-electron chi connectivity index (χ4n) is 2.25. The molecule has 8 heteroatoms. The van der Waals surface area contributed by atoms with Crippen LogP contribution in [0.2, 0.25) is 5.02 Å².